The van der Waals surface area contributed by atoms with Crippen LogP contribution in [0.4, 0.5) is 24.9 Å². The van der Waals surface area contributed by atoms with E-state index >= 15 is 0 Å². The van der Waals surface area contributed by atoms with Gasteiger partial charge in [-0.2, -0.15) is 10.2 Å². The highest BCUT2D eigenvalue weighted by Crippen LogP contribution is 2.64. The molecule has 5 atom stereocenters. The van der Waals surface area contributed by atoms with Gasteiger partial charge in [-0.3, -0.25) is 0 Å². The third kappa shape index (κ3) is 5.66. The maximum atomic E-state index is 12.8. The van der Waals surface area contributed by atoms with Crippen LogP contribution in [0, 0.1) is 46.3 Å². The van der Waals surface area contributed by atoms with Crippen LogP contribution < -0.4 is 15.4 Å². The maximum Gasteiger partial charge on any atom is 0.573 e. The van der Waals surface area contributed by atoms with Crippen LogP contribution in [0.25, 0.3) is 0 Å². The number of hydrogen-bond acceptors (Lipinski definition) is 6. The third-order valence-corrected chi connectivity index (χ3v) is 9.84. The zero-order valence-corrected chi connectivity index (χ0v) is 22.1. The fourth-order valence-electron chi connectivity index (χ4n) is 8.74. The zero-order chi connectivity index (χ0) is 27.0. The summed E-state index contributed by atoms with van der Waals surface area (Å²) in [6, 6.07) is 8.16. The number of anilines is 2. The molecule has 9 heteroatoms. The monoisotopic (exact) mass is 539 g/mol. The molecule has 5 fully saturated rings. The molecule has 0 radical (unpaired) electrons. The lowest BCUT2D eigenvalue weighted by Gasteiger charge is -2.62. The largest absolute Gasteiger partial charge is 0.573 e. The lowest BCUT2D eigenvalue weighted by Crippen LogP contribution is -2.55. The van der Waals surface area contributed by atoms with Gasteiger partial charge in [0.25, 0.3) is 0 Å². The second-order valence-electron chi connectivity index (χ2n) is 12.4. The van der Waals surface area contributed by atoms with Crippen molar-refractivity contribution in [3.05, 3.63) is 41.6 Å². The van der Waals surface area contributed by atoms with E-state index in [2.05, 4.69) is 31.4 Å². The molecule has 5 saturated carbocycles. The van der Waals surface area contributed by atoms with E-state index in [9.17, 15) is 18.4 Å². The zero-order valence-electron chi connectivity index (χ0n) is 22.1. The van der Waals surface area contributed by atoms with E-state index in [1.54, 1.807) is 12.1 Å². The Hall–Kier alpha value is -3.02. The summed E-state index contributed by atoms with van der Waals surface area (Å²) in [7, 11) is 0. The lowest BCUT2D eigenvalue weighted by molar-refractivity contribution is -0.274. The Kier molecular flexibility index (Phi) is 7.07. The number of alkyl halides is 3. The van der Waals surface area contributed by atoms with E-state index in [1.165, 1.54) is 82.5 Å². The van der Waals surface area contributed by atoms with Gasteiger partial charge >= 0.3 is 6.36 Å². The maximum absolute atomic E-state index is 12.8. The second kappa shape index (κ2) is 10.5. The highest BCUT2D eigenvalue weighted by atomic mass is 19.4. The number of halogens is 3. The summed E-state index contributed by atoms with van der Waals surface area (Å²) in [5, 5.41) is 16.2. The third-order valence-electron chi connectivity index (χ3n) is 9.84. The van der Waals surface area contributed by atoms with Crippen LogP contribution in [0.15, 0.2) is 30.5 Å². The Bertz CT molecular complexity index is 1210. The molecule has 208 valence electrons. The summed E-state index contributed by atoms with van der Waals surface area (Å²) in [6.07, 6.45) is 10.3. The van der Waals surface area contributed by atoms with E-state index in [4.69, 9.17) is 0 Å². The minimum Gasteiger partial charge on any atom is -0.405 e. The number of benzene rings is 1. The molecule has 0 spiro atoms. The van der Waals surface area contributed by atoms with Gasteiger partial charge in [-0.15, -0.1) is 13.2 Å². The molecule has 2 aromatic rings. The summed E-state index contributed by atoms with van der Waals surface area (Å²) < 4.78 is 42.5. The molecule has 0 aliphatic heterocycles. The van der Waals surface area contributed by atoms with E-state index in [-0.39, 0.29) is 23.7 Å². The number of para-hydroxylation sites is 1. The molecule has 1 heterocycles. The fraction of sp³-hybridized carbons (Fsp3) is 0.633. The number of hydrogen-bond donors (Lipinski definition) is 2. The van der Waals surface area contributed by atoms with E-state index < -0.39 is 6.36 Å². The molecule has 7 rings (SSSR count). The summed E-state index contributed by atoms with van der Waals surface area (Å²) in [5.74, 6) is 4.78. The van der Waals surface area contributed by atoms with Crippen molar-refractivity contribution in [1.29, 1.82) is 5.26 Å². The highest BCUT2D eigenvalue weighted by Gasteiger charge is 2.56. The first-order valence-electron chi connectivity index (χ1n) is 14.4. The molecular formula is C30H36F3N5O. The molecule has 6 nitrogen and oxygen atoms in total. The Balaban J connectivity index is 1.13. The van der Waals surface area contributed by atoms with Crippen LogP contribution in [0.5, 0.6) is 5.75 Å². The van der Waals surface area contributed by atoms with Crippen LogP contribution >= 0.6 is 0 Å². The van der Waals surface area contributed by atoms with Gasteiger partial charge < -0.3 is 15.4 Å². The predicted octanol–water partition coefficient (Wildman–Crippen LogP) is 7.29. The predicted molar refractivity (Wildman–Crippen MR) is 142 cm³/mol. The molecule has 0 amide bonds. The lowest BCUT2D eigenvalue weighted by atomic mass is 9.44. The number of nitrogens with one attached hydrogen (secondary N) is 2. The highest BCUT2D eigenvalue weighted by molar-refractivity contribution is 5.53. The van der Waals surface area contributed by atoms with E-state index in [1.807, 2.05) is 0 Å². The standard InChI is InChI=1S/C30H36F3N5O/c31-30(32,33)39-25-9-5-4-8-21(25)16-35-28-36-17-24(15-34)27(38-28)37-18-29-12-19-10-22(13-29)26(23(11-19)14-29)20-6-2-1-3-7-20/h4-5,8-9,17,19-20,22-23,26H,1-3,6-7,10-14,16,18H2,(H2,35,36,37,38)/t19?,22-,23+,26-,29-. The first-order valence-corrected chi connectivity index (χ1v) is 14.4. The molecular weight excluding hydrogens is 503 g/mol. The fourth-order valence-corrected chi connectivity index (χ4v) is 8.74. The van der Waals surface area contributed by atoms with Gasteiger partial charge in [-0.05, 0) is 73.2 Å². The Morgan fingerprint density at radius 1 is 1.00 bits per heavy atom. The van der Waals surface area contributed by atoms with Crippen LogP contribution in [0.1, 0.15) is 75.3 Å². The molecule has 39 heavy (non-hydrogen) atoms. The van der Waals surface area contributed by atoms with Gasteiger partial charge in [0.2, 0.25) is 5.95 Å². The topological polar surface area (TPSA) is 82.9 Å². The minimum absolute atomic E-state index is 0.0507. The Labute approximate surface area is 227 Å². The first-order chi connectivity index (χ1) is 18.8. The van der Waals surface area contributed by atoms with Crippen molar-refractivity contribution >= 4 is 11.8 Å². The molecule has 4 bridgehead atoms. The quantitative estimate of drug-likeness (QED) is 0.366. The molecule has 1 aromatic carbocycles. The molecule has 2 N–H and O–H groups in total. The molecule has 5 aliphatic rings. The number of aromatic nitrogens is 2. The van der Waals surface area contributed by atoms with Crippen molar-refractivity contribution in [1.82, 2.24) is 9.97 Å². The second-order valence-corrected chi connectivity index (χ2v) is 12.4. The average Bonchev–Trinajstić information content (AvgIpc) is 2.91. The van der Waals surface area contributed by atoms with Crippen LogP contribution in [0.3, 0.4) is 0 Å². The average molecular weight is 540 g/mol. The minimum atomic E-state index is -4.77. The molecule has 1 aromatic heterocycles. The Morgan fingerprint density at radius 3 is 2.46 bits per heavy atom. The summed E-state index contributed by atoms with van der Waals surface area (Å²) >= 11 is 0. The van der Waals surface area contributed by atoms with Gasteiger partial charge in [-0.25, -0.2) is 4.98 Å². The number of nitrogens with zero attached hydrogens (tertiary/aromatic N) is 3. The van der Waals surface area contributed by atoms with Crippen LogP contribution in [-0.4, -0.2) is 22.9 Å². The van der Waals surface area contributed by atoms with E-state index in [0.717, 1.165) is 36.1 Å². The van der Waals surface area contributed by atoms with Crippen molar-refractivity contribution in [3.63, 3.8) is 0 Å². The van der Waals surface area contributed by atoms with Gasteiger partial charge in [0.1, 0.15) is 23.2 Å². The van der Waals surface area contributed by atoms with Crippen molar-refractivity contribution < 1.29 is 17.9 Å². The SMILES string of the molecule is N#Cc1cnc(NCc2ccccc2OC(F)(F)F)nc1NC[C@]12CC3C[C@H](C1)[C@@H](C1CCCCC1)[C@@H](C3)C2. The van der Waals surface area contributed by atoms with Gasteiger partial charge in [-0.1, -0.05) is 50.3 Å². The molecule has 5 aliphatic carbocycles. The van der Waals surface area contributed by atoms with Gasteiger partial charge in [0, 0.05) is 18.7 Å². The normalized spacial score (nSPS) is 30.1. The van der Waals surface area contributed by atoms with Crippen molar-refractivity contribution in [2.75, 3.05) is 17.2 Å². The summed E-state index contributed by atoms with van der Waals surface area (Å²) in [6.45, 7) is 0.844. The summed E-state index contributed by atoms with van der Waals surface area (Å²) in [5.41, 5.74) is 0.949. The van der Waals surface area contributed by atoms with Crippen molar-refractivity contribution in [2.45, 2.75) is 77.1 Å². The van der Waals surface area contributed by atoms with Crippen molar-refractivity contribution in [3.8, 4) is 11.8 Å². The van der Waals surface area contributed by atoms with Crippen LogP contribution in [-0.2, 0) is 6.54 Å². The number of ether oxygens (including phenoxy) is 1. The van der Waals surface area contributed by atoms with Gasteiger partial charge in [0.15, 0.2) is 0 Å². The summed E-state index contributed by atoms with van der Waals surface area (Å²) in [4.78, 5) is 8.77. The van der Waals surface area contributed by atoms with E-state index in [0.29, 0.717) is 16.9 Å². The first kappa shape index (κ1) is 26.2. The van der Waals surface area contributed by atoms with Crippen molar-refractivity contribution in [2.24, 2.45) is 35.0 Å². The molecule has 0 saturated heterocycles. The van der Waals surface area contributed by atoms with Crippen LogP contribution in [0.2, 0.25) is 0 Å². The molecule has 1 unspecified atom stereocenters. The number of nitriles is 1. The Morgan fingerprint density at radius 2 is 1.74 bits per heavy atom. The smallest absolute Gasteiger partial charge is 0.405 e. The van der Waals surface area contributed by atoms with Gasteiger partial charge in [0.05, 0.1) is 6.20 Å². The number of rotatable bonds is 8.